The molecule has 3 aromatic carbocycles. The van der Waals surface area contributed by atoms with Crippen LogP contribution in [0.25, 0.3) is 0 Å². The van der Waals surface area contributed by atoms with Crippen LogP contribution in [0.3, 0.4) is 0 Å². The van der Waals surface area contributed by atoms with E-state index < -0.39 is 10.1 Å². The number of halogens is 1. The van der Waals surface area contributed by atoms with Crippen molar-refractivity contribution < 1.29 is 22.4 Å². The van der Waals surface area contributed by atoms with Crippen LogP contribution in [0, 0.1) is 0 Å². The minimum atomic E-state index is -4.19. The Morgan fingerprint density at radius 2 is 1.55 bits per heavy atom. The average Bonchev–Trinajstić information content (AvgIpc) is 2.76. The molecule has 0 fully saturated rings. The minimum absolute atomic E-state index is 0.00175. The minimum Gasteiger partial charge on any atom is -0.496 e. The van der Waals surface area contributed by atoms with Crippen molar-refractivity contribution >= 4 is 21.7 Å². The molecule has 31 heavy (non-hydrogen) atoms. The summed E-state index contributed by atoms with van der Waals surface area (Å²) in [5.41, 5.74) is 3.03. The highest BCUT2D eigenvalue weighted by Crippen LogP contribution is 2.40. The van der Waals surface area contributed by atoms with Crippen LogP contribution in [-0.2, 0) is 16.5 Å². The van der Waals surface area contributed by atoms with Crippen LogP contribution >= 0.6 is 11.6 Å². The number of hydrogen-bond donors (Lipinski definition) is 1. The number of benzene rings is 3. The van der Waals surface area contributed by atoms with Crippen LogP contribution in [0.15, 0.2) is 71.6 Å². The predicted molar refractivity (Wildman–Crippen MR) is 122 cm³/mol. The van der Waals surface area contributed by atoms with Crippen LogP contribution in [0.5, 0.6) is 11.5 Å². The van der Waals surface area contributed by atoms with Crippen LogP contribution in [0.4, 0.5) is 0 Å². The molecule has 5 nitrogen and oxygen atoms in total. The number of rotatable bonds is 9. The van der Waals surface area contributed by atoms with Gasteiger partial charge in [-0.15, -0.1) is 0 Å². The third-order valence-corrected chi connectivity index (χ3v) is 6.36. The summed E-state index contributed by atoms with van der Waals surface area (Å²) >= 11 is 6.30. The molecule has 7 heteroatoms. The fourth-order valence-corrected chi connectivity index (χ4v) is 4.41. The Morgan fingerprint density at radius 3 is 2.19 bits per heavy atom. The Morgan fingerprint density at radius 1 is 0.903 bits per heavy atom. The lowest BCUT2D eigenvalue weighted by atomic mass is 9.85. The molecule has 1 N–H and O–H groups in total. The van der Waals surface area contributed by atoms with Crippen LogP contribution in [-0.4, -0.2) is 27.2 Å². The van der Waals surface area contributed by atoms with E-state index in [4.69, 9.17) is 25.6 Å². The van der Waals surface area contributed by atoms with Gasteiger partial charge in [0.15, 0.2) is 0 Å². The van der Waals surface area contributed by atoms with E-state index in [1.165, 1.54) is 12.1 Å². The second-order valence-corrected chi connectivity index (χ2v) is 9.05. The molecule has 0 heterocycles. The number of methoxy groups -OCH3 is 2. The molecular weight excluding hydrogens is 436 g/mol. The van der Waals surface area contributed by atoms with Gasteiger partial charge in [-0.2, -0.15) is 8.42 Å². The molecule has 1 unspecified atom stereocenters. The fraction of sp³-hybridized carbons (Fsp3) is 0.250. The Bertz CT molecular complexity index is 1130. The molecule has 0 saturated heterocycles. The Hall–Kier alpha value is -2.54. The summed E-state index contributed by atoms with van der Waals surface area (Å²) in [6.45, 7) is 0. The van der Waals surface area contributed by atoms with Crippen molar-refractivity contribution in [3.63, 3.8) is 0 Å². The van der Waals surface area contributed by atoms with Gasteiger partial charge in [0.25, 0.3) is 10.1 Å². The topological polar surface area (TPSA) is 72.8 Å². The van der Waals surface area contributed by atoms with E-state index in [1.54, 1.807) is 32.4 Å². The zero-order valence-corrected chi connectivity index (χ0v) is 19.0. The molecule has 164 valence electrons. The number of para-hydroxylation sites is 1. The van der Waals surface area contributed by atoms with Gasteiger partial charge in [0.2, 0.25) is 0 Å². The first-order valence-electron chi connectivity index (χ1n) is 9.86. The Kier molecular flexibility index (Phi) is 7.59. The molecule has 3 aromatic rings. The van der Waals surface area contributed by atoms with Gasteiger partial charge in [-0.3, -0.25) is 4.55 Å². The lowest BCUT2D eigenvalue weighted by Crippen LogP contribution is -2.06. The van der Waals surface area contributed by atoms with Gasteiger partial charge in [0.1, 0.15) is 11.5 Å². The standard InChI is InChI=1S/C24H25ClO5S/c1-29-23-9-4-3-7-21(23)20(22-16-18(25)12-15-24(22)30-2)8-5-6-17-10-13-19(14-11-17)31(26,27)28/h3-4,7,9-16,20H,5-6,8H2,1-2H3,(H,26,27,28). The smallest absolute Gasteiger partial charge is 0.294 e. The third kappa shape index (κ3) is 5.79. The van der Waals surface area contributed by atoms with Gasteiger partial charge in [0.05, 0.1) is 19.1 Å². The van der Waals surface area contributed by atoms with E-state index in [2.05, 4.69) is 0 Å². The maximum absolute atomic E-state index is 11.2. The molecule has 1 atom stereocenters. The normalized spacial score (nSPS) is 12.4. The quantitative estimate of drug-likeness (QED) is 0.411. The number of ether oxygens (including phenoxy) is 2. The Labute approximate surface area is 188 Å². The van der Waals surface area contributed by atoms with E-state index >= 15 is 0 Å². The molecule has 0 aliphatic carbocycles. The average molecular weight is 461 g/mol. The van der Waals surface area contributed by atoms with Crippen molar-refractivity contribution in [1.82, 2.24) is 0 Å². The van der Waals surface area contributed by atoms with E-state index in [0.29, 0.717) is 5.02 Å². The zero-order valence-electron chi connectivity index (χ0n) is 17.4. The highest BCUT2D eigenvalue weighted by Gasteiger charge is 2.22. The molecule has 0 saturated carbocycles. The van der Waals surface area contributed by atoms with E-state index in [0.717, 1.165) is 47.5 Å². The Balaban J connectivity index is 1.87. The van der Waals surface area contributed by atoms with Gasteiger partial charge < -0.3 is 9.47 Å². The summed E-state index contributed by atoms with van der Waals surface area (Å²) in [5, 5.41) is 0.636. The molecular formula is C24H25ClO5S. The van der Waals surface area contributed by atoms with Crippen molar-refractivity contribution in [2.45, 2.75) is 30.1 Å². The van der Waals surface area contributed by atoms with Gasteiger partial charge in [-0.1, -0.05) is 41.9 Å². The highest BCUT2D eigenvalue weighted by atomic mass is 35.5. The van der Waals surface area contributed by atoms with Crippen molar-refractivity contribution in [2.24, 2.45) is 0 Å². The van der Waals surface area contributed by atoms with Crippen LogP contribution in [0.1, 0.15) is 35.4 Å². The molecule has 0 aliphatic rings. The summed E-state index contributed by atoms with van der Waals surface area (Å²) in [6, 6.07) is 19.8. The number of hydrogen-bond acceptors (Lipinski definition) is 4. The van der Waals surface area contributed by atoms with Gasteiger partial charge >= 0.3 is 0 Å². The lowest BCUT2D eigenvalue weighted by Gasteiger charge is -2.23. The van der Waals surface area contributed by atoms with Gasteiger partial charge in [0, 0.05) is 22.1 Å². The summed E-state index contributed by atoms with van der Waals surface area (Å²) in [5.74, 6) is 1.56. The van der Waals surface area contributed by atoms with E-state index in [-0.39, 0.29) is 10.8 Å². The largest absolute Gasteiger partial charge is 0.496 e. The summed E-state index contributed by atoms with van der Waals surface area (Å²) in [4.78, 5) is -0.105. The van der Waals surface area contributed by atoms with E-state index in [9.17, 15) is 8.42 Å². The van der Waals surface area contributed by atoms with E-state index in [1.807, 2.05) is 36.4 Å². The summed E-state index contributed by atoms with van der Waals surface area (Å²) in [7, 11) is -0.889. The molecule has 0 amide bonds. The first-order chi connectivity index (χ1) is 14.8. The fourth-order valence-electron chi connectivity index (χ4n) is 3.75. The molecule has 0 aliphatic heterocycles. The zero-order chi connectivity index (χ0) is 22.4. The predicted octanol–water partition coefficient (Wildman–Crippen LogP) is 5.76. The second-order valence-electron chi connectivity index (χ2n) is 7.19. The van der Waals surface area contributed by atoms with Crippen molar-refractivity contribution in [3.05, 3.63) is 88.4 Å². The van der Waals surface area contributed by atoms with Gasteiger partial charge in [-0.05, 0) is 61.2 Å². The van der Waals surface area contributed by atoms with Crippen LogP contribution < -0.4 is 9.47 Å². The first kappa shape index (κ1) is 23.1. The van der Waals surface area contributed by atoms with Crippen molar-refractivity contribution in [3.8, 4) is 11.5 Å². The molecule has 0 bridgehead atoms. The first-order valence-corrected chi connectivity index (χ1v) is 11.7. The van der Waals surface area contributed by atoms with Crippen molar-refractivity contribution in [2.75, 3.05) is 14.2 Å². The summed E-state index contributed by atoms with van der Waals surface area (Å²) < 4.78 is 42.8. The second kappa shape index (κ2) is 10.2. The maximum Gasteiger partial charge on any atom is 0.294 e. The molecule has 0 radical (unpaired) electrons. The maximum atomic E-state index is 11.2. The number of aryl methyl sites for hydroxylation is 1. The van der Waals surface area contributed by atoms with Gasteiger partial charge in [-0.25, -0.2) is 0 Å². The molecule has 3 rings (SSSR count). The third-order valence-electron chi connectivity index (χ3n) is 5.26. The van der Waals surface area contributed by atoms with Crippen LogP contribution in [0.2, 0.25) is 5.02 Å². The monoisotopic (exact) mass is 460 g/mol. The molecule has 0 spiro atoms. The highest BCUT2D eigenvalue weighted by molar-refractivity contribution is 7.85. The lowest BCUT2D eigenvalue weighted by molar-refractivity contribution is 0.397. The van der Waals surface area contributed by atoms with Crippen molar-refractivity contribution in [1.29, 1.82) is 0 Å². The summed E-state index contributed by atoms with van der Waals surface area (Å²) in [6.07, 6.45) is 2.39. The SMILES string of the molecule is COc1ccccc1C(CCCc1ccc(S(=O)(=O)O)cc1)c1cc(Cl)ccc1OC. The molecule has 0 aromatic heterocycles.